The van der Waals surface area contributed by atoms with Crippen LogP contribution in [0, 0.1) is 13.8 Å². The Kier molecular flexibility index (Phi) is 6.51. The van der Waals surface area contributed by atoms with E-state index in [0.717, 1.165) is 15.7 Å². The number of hydrogen-bond acceptors (Lipinski definition) is 7. The highest BCUT2D eigenvalue weighted by molar-refractivity contribution is 5.74. The molecule has 0 aliphatic rings. The molecule has 1 aromatic carbocycles. The fourth-order valence-corrected chi connectivity index (χ4v) is 3.26. The summed E-state index contributed by atoms with van der Waals surface area (Å²) < 4.78 is 9.51. The molecule has 2 atom stereocenters. The molecular weight excluding hydrogens is 402 g/mol. The molecule has 0 amide bonds. The number of nitrogens with one attached hydrogen (secondary N) is 1. The third-order valence-corrected chi connectivity index (χ3v) is 5.22. The van der Waals surface area contributed by atoms with Gasteiger partial charge in [-0.05, 0) is 44.0 Å². The molecule has 31 heavy (non-hydrogen) atoms. The molecular formula is C21H29N5O5. The van der Waals surface area contributed by atoms with Crippen LogP contribution in [-0.2, 0) is 20.6 Å². The van der Waals surface area contributed by atoms with Crippen LogP contribution in [0.3, 0.4) is 0 Å². The molecule has 3 N–H and O–H groups in total. The van der Waals surface area contributed by atoms with E-state index in [1.165, 1.54) is 23.2 Å². The number of nitrogens with zero attached hydrogens (tertiary/aromatic N) is 4. The average Bonchev–Trinajstić information content (AvgIpc) is 3.08. The number of imidazole rings is 1. The third-order valence-electron chi connectivity index (χ3n) is 5.22. The van der Waals surface area contributed by atoms with Crippen LogP contribution in [0.15, 0.2) is 27.8 Å². The Morgan fingerprint density at radius 2 is 1.84 bits per heavy atom. The minimum Gasteiger partial charge on any atom is -0.491 e. The molecule has 0 saturated heterocycles. The number of hydrogen-bond donors (Lipinski definition) is 3. The second-order valence-electron chi connectivity index (χ2n) is 7.86. The third kappa shape index (κ3) is 4.64. The lowest BCUT2D eigenvalue weighted by Gasteiger charge is -2.17. The number of aromatic nitrogens is 4. The number of aliphatic hydroxyl groups excluding tert-OH is 2. The van der Waals surface area contributed by atoms with Gasteiger partial charge in [0.15, 0.2) is 11.2 Å². The average molecular weight is 431 g/mol. The molecule has 0 aliphatic carbocycles. The SMILES string of the molecule is Cc1ccc(OC[C@H](O)Cn2c(NC[C@@H](C)O)nc3c2c(=O)n(C)c(=O)n3C)cc1C. The van der Waals surface area contributed by atoms with Crippen molar-refractivity contribution in [3.8, 4) is 5.75 Å². The summed E-state index contributed by atoms with van der Waals surface area (Å²) in [6, 6.07) is 5.68. The van der Waals surface area contributed by atoms with Gasteiger partial charge >= 0.3 is 5.69 Å². The van der Waals surface area contributed by atoms with E-state index in [4.69, 9.17) is 4.74 Å². The van der Waals surface area contributed by atoms with Crippen LogP contribution < -0.4 is 21.3 Å². The van der Waals surface area contributed by atoms with Gasteiger partial charge in [0.05, 0.1) is 12.6 Å². The van der Waals surface area contributed by atoms with E-state index in [0.29, 0.717) is 5.75 Å². The van der Waals surface area contributed by atoms with Crippen LogP contribution >= 0.6 is 0 Å². The molecule has 0 bridgehead atoms. The van der Waals surface area contributed by atoms with Crippen LogP contribution in [0.4, 0.5) is 5.95 Å². The van der Waals surface area contributed by atoms with E-state index >= 15 is 0 Å². The zero-order valence-electron chi connectivity index (χ0n) is 18.4. The summed E-state index contributed by atoms with van der Waals surface area (Å²) >= 11 is 0. The van der Waals surface area contributed by atoms with E-state index in [9.17, 15) is 19.8 Å². The van der Waals surface area contributed by atoms with Crippen molar-refractivity contribution in [1.82, 2.24) is 18.7 Å². The lowest BCUT2D eigenvalue weighted by molar-refractivity contribution is 0.0937. The molecule has 10 heteroatoms. The standard InChI is InChI=1S/C21H29N5O5/c1-12-6-7-16(8-13(12)2)31-11-15(28)10-26-17-18(23-20(26)22-9-14(3)27)24(4)21(30)25(5)19(17)29/h6-8,14-15,27-28H,9-11H2,1-5H3,(H,22,23)/t14-,15-/m1/s1. The highest BCUT2D eigenvalue weighted by atomic mass is 16.5. The molecule has 0 unspecified atom stereocenters. The van der Waals surface area contributed by atoms with Crippen molar-refractivity contribution >= 4 is 17.1 Å². The van der Waals surface area contributed by atoms with Gasteiger partial charge < -0.3 is 24.8 Å². The predicted molar refractivity (Wildman–Crippen MR) is 118 cm³/mol. The summed E-state index contributed by atoms with van der Waals surface area (Å²) in [6.07, 6.45) is -1.61. The fourth-order valence-electron chi connectivity index (χ4n) is 3.26. The fraction of sp³-hybridized carbons (Fsp3) is 0.476. The van der Waals surface area contributed by atoms with Gasteiger partial charge in [-0.15, -0.1) is 0 Å². The normalized spacial score (nSPS) is 13.4. The van der Waals surface area contributed by atoms with Crippen LogP contribution in [0.1, 0.15) is 18.1 Å². The van der Waals surface area contributed by atoms with Gasteiger partial charge in [0, 0.05) is 20.6 Å². The summed E-state index contributed by atoms with van der Waals surface area (Å²) in [6.45, 7) is 5.80. The van der Waals surface area contributed by atoms with Crippen molar-refractivity contribution in [3.63, 3.8) is 0 Å². The highest BCUT2D eigenvalue weighted by Gasteiger charge is 2.21. The van der Waals surface area contributed by atoms with Crippen LogP contribution in [0.2, 0.25) is 0 Å². The predicted octanol–water partition coefficient (Wildman–Crippen LogP) is 0.283. The second-order valence-corrected chi connectivity index (χ2v) is 7.86. The summed E-state index contributed by atoms with van der Waals surface area (Å²) in [4.78, 5) is 29.5. The summed E-state index contributed by atoms with van der Waals surface area (Å²) in [7, 11) is 2.92. The van der Waals surface area contributed by atoms with Crippen molar-refractivity contribution in [2.75, 3.05) is 18.5 Å². The Labute approximate surface area is 179 Å². The monoisotopic (exact) mass is 431 g/mol. The van der Waals surface area contributed by atoms with Crippen LogP contribution in [0.5, 0.6) is 5.75 Å². The Morgan fingerprint density at radius 1 is 1.13 bits per heavy atom. The molecule has 3 rings (SSSR count). The van der Waals surface area contributed by atoms with Gasteiger partial charge in [0.25, 0.3) is 5.56 Å². The van der Waals surface area contributed by atoms with Gasteiger partial charge in [-0.1, -0.05) is 6.07 Å². The summed E-state index contributed by atoms with van der Waals surface area (Å²) in [5.41, 5.74) is 1.60. The summed E-state index contributed by atoms with van der Waals surface area (Å²) in [5.74, 6) is 0.919. The van der Waals surface area contributed by atoms with E-state index in [2.05, 4.69) is 10.3 Å². The zero-order valence-corrected chi connectivity index (χ0v) is 18.4. The van der Waals surface area contributed by atoms with E-state index in [1.807, 2.05) is 32.0 Å². The minimum atomic E-state index is -0.951. The lowest BCUT2D eigenvalue weighted by Crippen LogP contribution is -2.38. The highest BCUT2D eigenvalue weighted by Crippen LogP contribution is 2.19. The number of ether oxygens (including phenoxy) is 1. The van der Waals surface area contributed by atoms with Crippen LogP contribution in [0.25, 0.3) is 11.2 Å². The Balaban J connectivity index is 1.92. The zero-order chi connectivity index (χ0) is 22.9. The number of aliphatic hydroxyl groups is 2. The lowest BCUT2D eigenvalue weighted by atomic mass is 10.1. The topological polar surface area (TPSA) is 124 Å². The van der Waals surface area contributed by atoms with Crippen molar-refractivity contribution in [3.05, 3.63) is 50.2 Å². The Bertz CT molecular complexity index is 1210. The number of anilines is 1. The first-order valence-electron chi connectivity index (χ1n) is 10.1. The number of fused-ring (bicyclic) bond motifs is 1. The van der Waals surface area contributed by atoms with Crippen molar-refractivity contribution in [1.29, 1.82) is 0 Å². The molecule has 0 radical (unpaired) electrons. The van der Waals surface area contributed by atoms with Gasteiger partial charge in [0.1, 0.15) is 18.5 Å². The number of aryl methyl sites for hydroxylation is 3. The molecule has 0 spiro atoms. The van der Waals surface area contributed by atoms with Crippen molar-refractivity contribution in [2.24, 2.45) is 14.1 Å². The van der Waals surface area contributed by atoms with Gasteiger partial charge in [-0.2, -0.15) is 4.98 Å². The van der Waals surface area contributed by atoms with Gasteiger partial charge in [-0.25, -0.2) is 4.79 Å². The quantitative estimate of drug-likeness (QED) is 0.468. The number of rotatable bonds is 8. The van der Waals surface area contributed by atoms with Gasteiger partial charge in [0.2, 0.25) is 5.95 Å². The summed E-state index contributed by atoms with van der Waals surface area (Å²) in [5, 5.41) is 23.2. The maximum Gasteiger partial charge on any atom is 0.332 e. The smallest absolute Gasteiger partial charge is 0.332 e. The van der Waals surface area contributed by atoms with E-state index < -0.39 is 23.5 Å². The first-order chi connectivity index (χ1) is 14.6. The molecule has 0 fully saturated rings. The molecule has 3 aromatic rings. The Hall–Kier alpha value is -3.11. The number of benzene rings is 1. The molecule has 0 aliphatic heterocycles. The van der Waals surface area contributed by atoms with Crippen LogP contribution in [-0.4, -0.2) is 54.3 Å². The largest absolute Gasteiger partial charge is 0.491 e. The molecule has 2 aromatic heterocycles. The van der Waals surface area contributed by atoms with Crippen molar-refractivity contribution in [2.45, 2.75) is 39.5 Å². The first-order valence-corrected chi connectivity index (χ1v) is 10.1. The molecule has 168 valence electrons. The van der Waals surface area contributed by atoms with E-state index in [-0.39, 0.29) is 36.8 Å². The minimum absolute atomic E-state index is 0.00406. The molecule has 0 saturated carbocycles. The van der Waals surface area contributed by atoms with Crippen molar-refractivity contribution < 1.29 is 14.9 Å². The maximum atomic E-state index is 12.8. The molecule has 10 nitrogen and oxygen atoms in total. The maximum absolute atomic E-state index is 12.8. The van der Waals surface area contributed by atoms with Gasteiger partial charge in [-0.3, -0.25) is 13.9 Å². The Morgan fingerprint density at radius 3 is 2.48 bits per heavy atom. The van der Waals surface area contributed by atoms with E-state index in [1.54, 1.807) is 6.92 Å². The molecule has 2 heterocycles. The second kappa shape index (κ2) is 8.94. The first kappa shape index (κ1) is 22.6.